The summed E-state index contributed by atoms with van der Waals surface area (Å²) >= 11 is 3.24. The maximum atomic E-state index is 13.8. The van der Waals surface area contributed by atoms with E-state index >= 15 is 0 Å². The number of hydrogen-bond acceptors (Lipinski definition) is 4. The minimum absolute atomic E-state index is 0.0166. The second kappa shape index (κ2) is 7.50. The van der Waals surface area contributed by atoms with E-state index in [1.807, 2.05) is 4.90 Å². The molecule has 1 aliphatic heterocycles. The lowest BCUT2D eigenvalue weighted by atomic mass is 10.00. The van der Waals surface area contributed by atoms with Gasteiger partial charge < -0.3 is 9.52 Å². The van der Waals surface area contributed by atoms with Gasteiger partial charge in [-0.3, -0.25) is 9.69 Å². The van der Waals surface area contributed by atoms with Crippen LogP contribution in [0, 0.1) is 0 Å². The highest BCUT2D eigenvalue weighted by Crippen LogP contribution is 2.39. The molecule has 0 aliphatic carbocycles. The van der Waals surface area contributed by atoms with Gasteiger partial charge in [0.25, 0.3) is 0 Å². The van der Waals surface area contributed by atoms with Crippen molar-refractivity contribution in [2.75, 3.05) is 13.1 Å². The summed E-state index contributed by atoms with van der Waals surface area (Å²) in [6.07, 6.45) is -2.90. The standard InChI is InChI=1S/C21H17BrF3NO3/c22-13-5-3-12(4-6-13)17-18(28)14-7-8-16(27)15(11-26-9-1-2-10-26)19(14)29-20(17)21(23,24)25/h3-8,27H,1-2,9-11H2. The summed E-state index contributed by atoms with van der Waals surface area (Å²) in [5.74, 6) is -1.54. The van der Waals surface area contributed by atoms with Gasteiger partial charge in [0.1, 0.15) is 11.3 Å². The smallest absolute Gasteiger partial charge is 0.450 e. The zero-order chi connectivity index (χ0) is 20.8. The first-order chi connectivity index (χ1) is 13.8. The van der Waals surface area contributed by atoms with Crippen LogP contribution in [-0.4, -0.2) is 23.1 Å². The van der Waals surface area contributed by atoms with Gasteiger partial charge in [-0.15, -0.1) is 0 Å². The molecule has 1 fully saturated rings. The number of aromatic hydroxyl groups is 1. The fourth-order valence-electron chi connectivity index (χ4n) is 3.70. The first-order valence-corrected chi connectivity index (χ1v) is 9.92. The molecule has 29 heavy (non-hydrogen) atoms. The van der Waals surface area contributed by atoms with E-state index in [-0.39, 0.29) is 34.4 Å². The normalized spacial score (nSPS) is 15.3. The van der Waals surface area contributed by atoms with Crippen LogP contribution in [0.5, 0.6) is 5.75 Å². The minimum atomic E-state index is -4.87. The van der Waals surface area contributed by atoms with Crippen LogP contribution in [-0.2, 0) is 12.7 Å². The Morgan fingerprint density at radius 3 is 2.34 bits per heavy atom. The summed E-state index contributed by atoms with van der Waals surface area (Å²) in [6.45, 7) is 1.79. The highest BCUT2D eigenvalue weighted by atomic mass is 79.9. The molecule has 8 heteroatoms. The maximum Gasteiger partial charge on any atom is 0.450 e. The predicted octanol–water partition coefficient (Wildman–Crippen LogP) is 5.54. The van der Waals surface area contributed by atoms with E-state index in [0.717, 1.165) is 25.9 Å². The molecule has 2 heterocycles. The zero-order valence-electron chi connectivity index (χ0n) is 15.2. The van der Waals surface area contributed by atoms with Crippen molar-refractivity contribution in [2.45, 2.75) is 25.6 Å². The van der Waals surface area contributed by atoms with Gasteiger partial charge in [0.2, 0.25) is 11.2 Å². The fourth-order valence-corrected chi connectivity index (χ4v) is 3.96. The molecule has 1 aliphatic rings. The quantitative estimate of drug-likeness (QED) is 0.549. The van der Waals surface area contributed by atoms with Crippen LogP contribution in [0.3, 0.4) is 0 Å². The number of hydrogen-bond donors (Lipinski definition) is 1. The zero-order valence-corrected chi connectivity index (χ0v) is 16.8. The van der Waals surface area contributed by atoms with Crippen molar-refractivity contribution in [1.82, 2.24) is 4.90 Å². The van der Waals surface area contributed by atoms with E-state index in [1.165, 1.54) is 24.3 Å². The summed E-state index contributed by atoms with van der Waals surface area (Å²) in [5, 5.41) is 10.3. The molecule has 1 aromatic heterocycles. The molecule has 0 unspecified atom stereocenters. The molecule has 2 aromatic carbocycles. The lowest BCUT2D eigenvalue weighted by Crippen LogP contribution is -2.20. The predicted molar refractivity (Wildman–Crippen MR) is 107 cm³/mol. The SMILES string of the molecule is O=c1c(-c2ccc(Br)cc2)c(C(F)(F)F)oc2c(CN3CCCC3)c(O)ccc12. The van der Waals surface area contributed by atoms with Crippen molar-refractivity contribution in [2.24, 2.45) is 0 Å². The molecule has 0 radical (unpaired) electrons. The van der Waals surface area contributed by atoms with Gasteiger partial charge in [-0.2, -0.15) is 13.2 Å². The maximum absolute atomic E-state index is 13.8. The third kappa shape index (κ3) is 3.79. The number of phenolic OH excluding ortho intramolecular Hbond substituents is 1. The van der Waals surface area contributed by atoms with E-state index in [1.54, 1.807) is 12.1 Å². The Labute approximate surface area is 172 Å². The number of fused-ring (bicyclic) bond motifs is 1. The Morgan fingerprint density at radius 1 is 1.07 bits per heavy atom. The second-order valence-electron chi connectivity index (χ2n) is 7.06. The number of nitrogens with zero attached hydrogens (tertiary/aromatic N) is 1. The van der Waals surface area contributed by atoms with Crippen molar-refractivity contribution >= 4 is 26.9 Å². The van der Waals surface area contributed by atoms with Crippen molar-refractivity contribution in [3.05, 3.63) is 62.4 Å². The third-order valence-corrected chi connectivity index (χ3v) is 5.64. The summed E-state index contributed by atoms with van der Waals surface area (Å²) in [6, 6.07) is 8.64. The molecule has 4 rings (SSSR count). The van der Waals surface area contributed by atoms with Crippen molar-refractivity contribution in [3.63, 3.8) is 0 Å². The van der Waals surface area contributed by atoms with Crippen molar-refractivity contribution < 1.29 is 22.7 Å². The second-order valence-corrected chi connectivity index (χ2v) is 7.98. The molecule has 1 N–H and O–H groups in total. The van der Waals surface area contributed by atoms with E-state index in [0.29, 0.717) is 4.47 Å². The van der Waals surface area contributed by atoms with E-state index < -0.39 is 22.9 Å². The summed E-state index contributed by atoms with van der Waals surface area (Å²) < 4.78 is 47.5. The molecule has 3 aromatic rings. The largest absolute Gasteiger partial charge is 0.507 e. The van der Waals surface area contributed by atoms with E-state index in [4.69, 9.17) is 4.42 Å². The fraction of sp³-hybridized carbons (Fsp3) is 0.286. The molecule has 1 saturated heterocycles. The molecule has 0 saturated carbocycles. The highest BCUT2D eigenvalue weighted by molar-refractivity contribution is 9.10. The van der Waals surface area contributed by atoms with Gasteiger partial charge in [0, 0.05) is 11.0 Å². The van der Waals surface area contributed by atoms with Crippen LogP contribution in [0.4, 0.5) is 13.2 Å². The summed E-state index contributed by atoms with van der Waals surface area (Å²) in [4.78, 5) is 15.1. The Kier molecular flexibility index (Phi) is 5.16. The first kappa shape index (κ1) is 20.0. The van der Waals surface area contributed by atoms with E-state index in [9.17, 15) is 23.1 Å². The Morgan fingerprint density at radius 2 is 1.72 bits per heavy atom. The monoisotopic (exact) mass is 467 g/mol. The van der Waals surface area contributed by atoms with Crippen LogP contribution >= 0.6 is 15.9 Å². The number of benzene rings is 2. The highest BCUT2D eigenvalue weighted by Gasteiger charge is 2.40. The van der Waals surface area contributed by atoms with Crippen molar-refractivity contribution in [1.29, 1.82) is 0 Å². The summed E-state index contributed by atoms with van der Waals surface area (Å²) in [7, 11) is 0. The molecule has 0 spiro atoms. The number of halogens is 4. The van der Waals surface area contributed by atoms with Gasteiger partial charge in [0.15, 0.2) is 0 Å². The van der Waals surface area contributed by atoms with Gasteiger partial charge in [-0.05, 0) is 55.8 Å². The Hall–Kier alpha value is -2.32. The third-order valence-electron chi connectivity index (χ3n) is 5.11. The first-order valence-electron chi connectivity index (χ1n) is 9.13. The van der Waals surface area contributed by atoms with Crippen LogP contribution in [0.25, 0.3) is 22.1 Å². The van der Waals surface area contributed by atoms with Crippen LogP contribution in [0.2, 0.25) is 0 Å². The molecule has 4 nitrogen and oxygen atoms in total. The van der Waals surface area contributed by atoms with Crippen LogP contribution in [0.15, 0.2) is 50.1 Å². The Balaban J connectivity index is 2.00. The van der Waals surface area contributed by atoms with Crippen molar-refractivity contribution in [3.8, 4) is 16.9 Å². The summed E-state index contributed by atoms with van der Waals surface area (Å²) in [5.41, 5.74) is -1.20. The van der Waals surface area contributed by atoms with Gasteiger partial charge in [-0.25, -0.2) is 0 Å². The molecule has 0 atom stereocenters. The molecule has 0 amide bonds. The number of likely N-dealkylation sites (tertiary alicyclic amines) is 1. The molecular weight excluding hydrogens is 451 g/mol. The lowest BCUT2D eigenvalue weighted by Gasteiger charge is -2.18. The molecular formula is C21H17BrF3NO3. The average molecular weight is 468 g/mol. The lowest BCUT2D eigenvalue weighted by molar-refractivity contribution is -0.152. The molecule has 0 bridgehead atoms. The average Bonchev–Trinajstić information content (AvgIpc) is 3.17. The van der Waals surface area contributed by atoms with Crippen LogP contribution in [0.1, 0.15) is 24.2 Å². The molecule has 152 valence electrons. The Bertz CT molecular complexity index is 1120. The van der Waals surface area contributed by atoms with Crippen LogP contribution < -0.4 is 5.43 Å². The van der Waals surface area contributed by atoms with Gasteiger partial charge >= 0.3 is 6.18 Å². The van der Waals surface area contributed by atoms with E-state index in [2.05, 4.69) is 15.9 Å². The number of alkyl halides is 3. The van der Waals surface area contributed by atoms with Gasteiger partial charge in [-0.1, -0.05) is 28.1 Å². The number of phenols is 1. The minimum Gasteiger partial charge on any atom is -0.507 e. The topological polar surface area (TPSA) is 53.7 Å². The number of rotatable bonds is 3. The van der Waals surface area contributed by atoms with Gasteiger partial charge in [0.05, 0.1) is 16.5 Å².